The van der Waals surface area contributed by atoms with E-state index in [1.54, 1.807) is 0 Å². The van der Waals surface area contributed by atoms with Gasteiger partial charge < -0.3 is 10.6 Å². The van der Waals surface area contributed by atoms with Crippen LogP contribution in [-0.4, -0.2) is 47.2 Å². The lowest BCUT2D eigenvalue weighted by Crippen LogP contribution is -2.50. The predicted octanol–water partition coefficient (Wildman–Crippen LogP) is 4.61. The van der Waals surface area contributed by atoms with E-state index in [0.717, 1.165) is 6.42 Å². The molecule has 0 radical (unpaired) electrons. The second-order valence-corrected chi connectivity index (χ2v) is 14.3. The molecule has 0 aromatic rings. The van der Waals surface area contributed by atoms with Gasteiger partial charge >= 0.3 is 0 Å². The Hall–Kier alpha value is -2.18. The maximum absolute atomic E-state index is 13.0. The van der Waals surface area contributed by atoms with E-state index in [0.29, 0.717) is 32.4 Å². The molecule has 1 aliphatic rings. The van der Waals surface area contributed by atoms with Crippen molar-refractivity contribution in [2.45, 2.75) is 107 Å². The largest absolute Gasteiger partial charge is 0.356 e. The number of rotatable bonds is 12. The number of hydrogen-bond donors (Lipinski definition) is 2. The van der Waals surface area contributed by atoms with E-state index in [1.165, 1.54) is 17.1 Å². The Bertz CT molecular complexity index is 827. The third-order valence-electron chi connectivity index (χ3n) is 6.22. The Morgan fingerprint density at radius 2 is 1.31 bits per heavy atom. The fourth-order valence-corrected chi connectivity index (χ4v) is 5.30. The van der Waals surface area contributed by atoms with Crippen molar-refractivity contribution in [2.75, 3.05) is 13.1 Å². The molecule has 0 fully saturated rings. The minimum absolute atomic E-state index is 0.0119. The molecule has 7 nitrogen and oxygen atoms in total. The summed E-state index contributed by atoms with van der Waals surface area (Å²) in [6.07, 6.45) is 4.95. The van der Waals surface area contributed by atoms with Crippen LogP contribution in [0.3, 0.4) is 0 Å². The van der Waals surface area contributed by atoms with Crippen LogP contribution in [0.2, 0.25) is 0 Å². The molecule has 0 aromatic heterocycles. The number of imide groups is 1. The molecule has 200 valence electrons. The molecular formula is C28H49N3O4. The van der Waals surface area contributed by atoms with Crippen molar-refractivity contribution < 1.29 is 19.2 Å². The maximum atomic E-state index is 13.0. The van der Waals surface area contributed by atoms with Crippen LogP contribution in [0.4, 0.5) is 0 Å². The van der Waals surface area contributed by atoms with Gasteiger partial charge in [-0.15, -0.1) is 0 Å². The van der Waals surface area contributed by atoms with Crippen LogP contribution < -0.4 is 10.6 Å². The molecule has 7 heteroatoms. The molecule has 1 heterocycles. The number of carbonyl (C=O) groups excluding carboxylic acids is 4. The van der Waals surface area contributed by atoms with Crippen molar-refractivity contribution in [1.82, 2.24) is 15.5 Å². The zero-order valence-corrected chi connectivity index (χ0v) is 24.0. The van der Waals surface area contributed by atoms with Gasteiger partial charge in [0.1, 0.15) is 0 Å². The summed E-state index contributed by atoms with van der Waals surface area (Å²) in [5, 5.41) is 6.20. The van der Waals surface area contributed by atoms with Crippen molar-refractivity contribution in [3.8, 4) is 0 Å². The third-order valence-corrected chi connectivity index (χ3v) is 6.22. The van der Waals surface area contributed by atoms with E-state index in [-0.39, 0.29) is 39.9 Å². The van der Waals surface area contributed by atoms with Crippen LogP contribution in [-0.2, 0) is 19.2 Å². The summed E-state index contributed by atoms with van der Waals surface area (Å²) in [7, 11) is 0. The standard InChI is InChI=1S/C28H49N3O4/c1-24(2,3)14-15-29-23(35)27(8,9)17-25(4,5)16-20(32)30-28(10,11)18-26(6,7)19-31-21(33)12-13-22(31)34/h12-13H,14-19H2,1-11H3,(H,29,35)(H,30,32). The van der Waals surface area contributed by atoms with Gasteiger partial charge in [0, 0.05) is 42.6 Å². The average molecular weight is 492 g/mol. The fourth-order valence-electron chi connectivity index (χ4n) is 5.30. The molecule has 35 heavy (non-hydrogen) atoms. The lowest BCUT2D eigenvalue weighted by Gasteiger charge is -2.38. The molecule has 0 saturated heterocycles. The van der Waals surface area contributed by atoms with E-state index in [2.05, 4.69) is 31.4 Å². The van der Waals surface area contributed by atoms with Gasteiger partial charge in [-0.3, -0.25) is 24.1 Å². The summed E-state index contributed by atoms with van der Waals surface area (Å²) in [4.78, 5) is 51.0. The molecule has 0 spiro atoms. The summed E-state index contributed by atoms with van der Waals surface area (Å²) in [5.41, 5.74) is -1.72. The van der Waals surface area contributed by atoms with Gasteiger partial charge in [-0.1, -0.05) is 62.3 Å². The smallest absolute Gasteiger partial charge is 0.253 e. The molecule has 4 amide bonds. The fraction of sp³-hybridized carbons (Fsp3) is 0.786. The van der Waals surface area contributed by atoms with Crippen LogP contribution in [0.25, 0.3) is 0 Å². The number of carbonyl (C=O) groups is 4. The summed E-state index contributed by atoms with van der Waals surface area (Å²) in [5.74, 6) is -0.652. The highest BCUT2D eigenvalue weighted by atomic mass is 16.2. The monoisotopic (exact) mass is 491 g/mol. The van der Waals surface area contributed by atoms with Crippen molar-refractivity contribution in [3.63, 3.8) is 0 Å². The SMILES string of the molecule is CC(C)(C)CCNC(=O)C(C)(C)CC(C)(C)CC(=O)NC(C)(C)CC(C)(C)CN1C(=O)C=CC1=O. The molecule has 0 aliphatic carbocycles. The average Bonchev–Trinajstić information content (AvgIpc) is 2.88. The molecule has 1 aliphatic heterocycles. The first-order valence-corrected chi connectivity index (χ1v) is 12.7. The predicted molar refractivity (Wildman–Crippen MR) is 140 cm³/mol. The Balaban J connectivity index is 2.67. The lowest BCUT2D eigenvalue weighted by atomic mass is 9.72. The molecule has 2 N–H and O–H groups in total. The molecular weight excluding hydrogens is 442 g/mol. The minimum atomic E-state index is -0.595. The lowest BCUT2D eigenvalue weighted by molar-refractivity contribution is -0.139. The van der Waals surface area contributed by atoms with E-state index < -0.39 is 11.0 Å². The van der Waals surface area contributed by atoms with Crippen LogP contribution in [0.5, 0.6) is 0 Å². The Morgan fingerprint density at radius 1 is 0.800 bits per heavy atom. The number of nitrogens with one attached hydrogen (secondary N) is 2. The highest BCUT2D eigenvalue weighted by molar-refractivity contribution is 6.12. The molecule has 0 aromatic carbocycles. The zero-order chi connectivity index (χ0) is 27.5. The van der Waals surface area contributed by atoms with Gasteiger partial charge in [0.25, 0.3) is 11.8 Å². The summed E-state index contributed by atoms with van der Waals surface area (Å²) < 4.78 is 0. The van der Waals surface area contributed by atoms with Crippen molar-refractivity contribution in [2.24, 2.45) is 21.7 Å². The molecule has 0 atom stereocenters. The van der Waals surface area contributed by atoms with E-state index >= 15 is 0 Å². The van der Waals surface area contributed by atoms with E-state index in [1.807, 2.05) is 55.4 Å². The topological polar surface area (TPSA) is 95.6 Å². The zero-order valence-electron chi connectivity index (χ0n) is 24.0. The Morgan fingerprint density at radius 3 is 1.80 bits per heavy atom. The van der Waals surface area contributed by atoms with Crippen LogP contribution in [0, 0.1) is 21.7 Å². The summed E-state index contributed by atoms with van der Waals surface area (Å²) in [6, 6.07) is 0. The minimum Gasteiger partial charge on any atom is -0.356 e. The van der Waals surface area contributed by atoms with Crippen molar-refractivity contribution in [1.29, 1.82) is 0 Å². The number of hydrogen-bond acceptors (Lipinski definition) is 4. The van der Waals surface area contributed by atoms with Crippen molar-refractivity contribution >= 4 is 23.6 Å². The Kier molecular flexibility index (Phi) is 9.55. The third kappa shape index (κ3) is 11.0. The first-order valence-electron chi connectivity index (χ1n) is 12.7. The molecule has 0 unspecified atom stereocenters. The second kappa shape index (κ2) is 10.8. The van der Waals surface area contributed by atoms with Gasteiger partial charge in [0.2, 0.25) is 11.8 Å². The molecule has 0 saturated carbocycles. The van der Waals surface area contributed by atoms with E-state index in [9.17, 15) is 19.2 Å². The Labute approximate surface area is 212 Å². The van der Waals surface area contributed by atoms with E-state index in [4.69, 9.17) is 0 Å². The number of amides is 4. The molecule has 1 rings (SSSR count). The second-order valence-electron chi connectivity index (χ2n) is 14.3. The highest BCUT2D eigenvalue weighted by Gasteiger charge is 2.38. The van der Waals surface area contributed by atoms with Gasteiger partial charge in [-0.2, -0.15) is 0 Å². The quantitative estimate of drug-likeness (QED) is 0.390. The first-order chi connectivity index (χ1) is 15.5. The molecule has 0 bridgehead atoms. The van der Waals surface area contributed by atoms with Gasteiger partial charge in [0.15, 0.2) is 0 Å². The van der Waals surface area contributed by atoms with Crippen LogP contribution >= 0.6 is 0 Å². The van der Waals surface area contributed by atoms with Crippen LogP contribution in [0.15, 0.2) is 12.2 Å². The number of nitrogens with zero attached hydrogens (tertiary/aromatic N) is 1. The first kappa shape index (κ1) is 30.9. The van der Waals surface area contributed by atoms with Gasteiger partial charge in [-0.25, -0.2) is 0 Å². The van der Waals surface area contributed by atoms with Gasteiger partial charge in [0.05, 0.1) is 0 Å². The summed E-state index contributed by atoms with van der Waals surface area (Å²) >= 11 is 0. The highest BCUT2D eigenvalue weighted by Crippen LogP contribution is 2.37. The normalized spacial score (nSPS) is 15.6. The van der Waals surface area contributed by atoms with Gasteiger partial charge in [-0.05, 0) is 49.4 Å². The van der Waals surface area contributed by atoms with Crippen LogP contribution in [0.1, 0.15) is 102 Å². The van der Waals surface area contributed by atoms with Crippen molar-refractivity contribution in [3.05, 3.63) is 12.2 Å². The summed E-state index contributed by atoms with van der Waals surface area (Å²) in [6.45, 7) is 23.2. The maximum Gasteiger partial charge on any atom is 0.253 e.